The first-order chi connectivity index (χ1) is 12.4. The molecule has 0 unspecified atom stereocenters. The van der Waals surface area contributed by atoms with Gasteiger partial charge in [0.25, 0.3) is 5.91 Å². The molecule has 0 aliphatic carbocycles. The van der Waals surface area contributed by atoms with Gasteiger partial charge < -0.3 is 20.1 Å². The molecule has 26 heavy (non-hydrogen) atoms. The van der Waals surface area contributed by atoms with Crippen LogP contribution >= 0.6 is 0 Å². The predicted molar refractivity (Wildman–Crippen MR) is 91.3 cm³/mol. The van der Waals surface area contributed by atoms with Crippen molar-refractivity contribution >= 4 is 17.6 Å². The van der Waals surface area contributed by atoms with Crippen molar-refractivity contribution in [2.24, 2.45) is 0 Å². The van der Waals surface area contributed by atoms with E-state index in [9.17, 15) is 19.1 Å². The van der Waals surface area contributed by atoms with Crippen LogP contribution < -0.4 is 10.1 Å². The summed E-state index contributed by atoms with van der Waals surface area (Å²) in [7, 11) is 0. The molecular weight excluding hydrogens is 341 g/mol. The smallest absolute Gasteiger partial charge is 0.254 e. The Hall–Kier alpha value is -3.00. The third-order valence-electron chi connectivity index (χ3n) is 3.92. The van der Waals surface area contributed by atoms with Gasteiger partial charge in [-0.05, 0) is 24.3 Å². The summed E-state index contributed by atoms with van der Waals surface area (Å²) in [6.45, 7) is 1.60. The zero-order chi connectivity index (χ0) is 18.7. The highest BCUT2D eigenvalue weighted by Gasteiger charge is 2.36. The number of nitrogens with one attached hydrogen (secondary N) is 1. The molecule has 2 amide bonds. The molecule has 8 heteroatoms. The number of aliphatic hydroxyl groups excluding tert-OH is 1. The maximum absolute atomic E-state index is 13.2. The van der Waals surface area contributed by atoms with Crippen molar-refractivity contribution in [1.82, 2.24) is 9.88 Å². The lowest BCUT2D eigenvalue weighted by molar-refractivity contribution is -0.114. The molecule has 7 nitrogen and oxygen atoms in total. The maximum Gasteiger partial charge on any atom is 0.254 e. The summed E-state index contributed by atoms with van der Waals surface area (Å²) in [4.78, 5) is 29.2. The van der Waals surface area contributed by atoms with E-state index in [1.807, 2.05) is 0 Å². The van der Waals surface area contributed by atoms with Crippen LogP contribution in [0.2, 0.25) is 0 Å². The van der Waals surface area contributed by atoms with Crippen LogP contribution in [0, 0.1) is 5.82 Å². The number of likely N-dealkylation sites (tertiary alicyclic amines) is 1. The summed E-state index contributed by atoms with van der Waals surface area (Å²) in [5.74, 6) is -0.480. The minimum Gasteiger partial charge on any atom is -0.486 e. The molecule has 0 saturated carbocycles. The summed E-state index contributed by atoms with van der Waals surface area (Å²) in [5.41, 5.74) is 0.336. The first-order valence-corrected chi connectivity index (χ1v) is 8.05. The van der Waals surface area contributed by atoms with E-state index in [1.54, 1.807) is 6.07 Å². The van der Waals surface area contributed by atoms with Crippen molar-refractivity contribution in [2.45, 2.75) is 19.1 Å². The lowest BCUT2D eigenvalue weighted by atomic mass is 10.2. The molecule has 2 N–H and O–H groups in total. The Bertz CT molecular complexity index is 830. The van der Waals surface area contributed by atoms with Gasteiger partial charge >= 0.3 is 0 Å². The number of benzene rings is 1. The number of anilines is 1. The molecule has 2 heterocycles. The number of aromatic nitrogens is 1. The quantitative estimate of drug-likeness (QED) is 0.862. The Morgan fingerprint density at radius 1 is 1.31 bits per heavy atom. The van der Waals surface area contributed by atoms with Crippen LogP contribution in [0.4, 0.5) is 10.2 Å². The van der Waals surface area contributed by atoms with Crippen molar-refractivity contribution in [3.63, 3.8) is 0 Å². The number of ether oxygens (including phenoxy) is 1. The SMILES string of the molecule is CC(=O)Nc1cc(C(=O)N2C[C@@H](O)[C@H](Oc3cccc(F)c3)C2)ccn1. The Morgan fingerprint density at radius 3 is 2.85 bits per heavy atom. The number of hydrogen-bond donors (Lipinski definition) is 2. The third-order valence-corrected chi connectivity index (χ3v) is 3.92. The molecule has 1 saturated heterocycles. The maximum atomic E-state index is 13.2. The van der Waals surface area contributed by atoms with Crippen LogP contribution in [0.5, 0.6) is 5.75 Å². The Morgan fingerprint density at radius 2 is 2.12 bits per heavy atom. The highest BCUT2D eigenvalue weighted by Crippen LogP contribution is 2.21. The van der Waals surface area contributed by atoms with E-state index in [4.69, 9.17) is 4.74 Å². The molecule has 1 aliphatic rings. The van der Waals surface area contributed by atoms with Gasteiger partial charge in [0, 0.05) is 24.8 Å². The Balaban J connectivity index is 1.69. The molecule has 2 atom stereocenters. The largest absolute Gasteiger partial charge is 0.486 e. The van der Waals surface area contributed by atoms with Gasteiger partial charge in [-0.3, -0.25) is 9.59 Å². The van der Waals surface area contributed by atoms with E-state index in [2.05, 4.69) is 10.3 Å². The van der Waals surface area contributed by atoms with Gasteiger partial charge in [-0.25, -0.2) is 9.37 Å². The first-order valence-electron chi connectivity index (χ1n) is 8.05. The molecule has 1 aromatic carbocycles. The topological polar surface area (TPSA) is 91.8 Å². The first kappa shape index (κ1) is 17.8. The van der Waals surface area contributed by atoms with Crippen LogP contribution in [-0.2, 0) is 4.79 Å². The fourth-order valence-electron chi connectivity index (χ4n) is 2.75. The molecule has 0 spiro atoms. The van der Waals surface area contributed by atoms with Gasteiger partial charge in [0.15, 0.2) is 0 Å². The molecule has 136 valence electrons. The van der Waals surface area contributed by atoms with Crippen LogP contribution in [0.25, 0.3) is 0 Å². The minimum atomic E-state index is -0.890. The van der Waals surface area contributed by atoms with E-state index in [1.165, 1.54) is 48.4 Å². The number of carbonyl (C=O) groups is 2. The normalized spacial score (nSPS) is 19.3. The number of aliphatic hydroxyl groups is 1. The van der Waals surface area contributed by atoms with Crippen LogP contribution in [0.3, 0.4) is 0 Å². The van der Waals surface area contributed by atoms with Crippen LogP contribution in [0.15, 0.2) is 42.6 Å². The molecule has 2 aromatic rings. The number of nitrogens with zero attached hydrogens (tertiary/aromatic N) is 2. The van der Waals surface area contributed by atoms with Crippen molar-refractivity contribution in [3.8, 4) is 5.75 Å². The third kappa shape index (κ3) is 4.15. The number of β-amino-alcohol motifs (C(OH)–C–C–N with tert-alkyl or cyclic N) is 1. The number of amides is 2. The van der Waals surface area contributed by atoms with Crippen LogP contribution in [0.1, 0.15) is 17.3 Å². The number of carbonyl (C=O) groups excluding carboxylic acids is 2. The number of halogens is 1. The van der Waals surface area contributed by atoms with Gasteiger partial charge in [0.1, 0.15) is 29.6 Å². The molecule has 1 fully saturated rings. The fourth-order valence-corrected chi connectivity index (χ4v) is 2.75. The summed E-state index contributed by atoms with van der Waals surface area (Å²) >= 11 is 0. The monoisotopic (exact) mass is 359 g/mol. The van der Waals surface area contributed by atoms with Crippen molar-refractivity contribution in [3.05, 3.63) is 54.0 Å². The van der Waals surface area contributed by atoms with E-state index in [-0.39, 0.29) is 30.7 Å². The summed E-state index contributed by atoms with van der Waals surface area (Å²) in [5, 5.41) is 12.7. The lowest BCUT2D eigenvalue weighted by Crippen LogP contribution is -2.31. The second-order valence-electron chi connectivity index (χ2n) is 6.00. The van der Waals surface area contributed by atoms with Crippen molar-refractivity contribution < 1.29 is 23.8 Å². The fraction of sp³-hybridized carbons (Fsp3) is 0.278. The Kier molecular flexibility index (Phi) is 5.13. The van der Waals surface area contributed by atoms with E-state index < -0.39 is 18.0 Å². The second kappa shape index (κ2) is 7.49. The highest BCUT2D eigenvalue weighted by atomic mass is 19.1. The average molecular weight is 359 g/mol. The highest BCUT2D eigenvalue weighted by molar-refractivity contribution is 5.96. The number of rotatable bonds is 4. The van der Waals surface area contributed by atoms with E-state index in [0.717, 1.165) is 0 Å². The predicted octanol–water partition coefficient (Wildman–Crippen LogP) is 1.44. The second-order valence-corrected chi connectivity index (χ2v) is 6.00. The van der Waals surface area contributed by atoms with Gasteiger partial charge in [-0.15, -0.1) is 0 Å². The number of pyridine rings is 1. The van der Waals surface area contributed by atoms with Crippen molar-refractivity contribution in [1.29, 1.82) is 0 Å². The molecule has 1 aromatic heterocycles. The lowest BCUT2D eigenvalue weighted by Gasteiger charge is -2.17. The van der Waals surface area contributed by atoms with E-state index in [0.29, 0.717) is 11.3 Å². The van der Waals surface area contributed by atoms with Gasteiger partial charge in [0.2, 0.25) is 5.91 Å². The summed E-state index contributed by atoms with van der Waals surface area (Å²) in [6.07, 6.45) is -0.123. The summed E-state index contributed by atoms with van der Waals surface area (Å²) < 4.78 is 18.9. The molecule has 1 aliphatic heterocycles. The standard InChI is InChI=1S/C18H18FN3O4/c1-11(23)21-17-7-12(5-6-20-17)18(25)22-9-15(24)16(10-22)26-14-4-2-3-13(19)8-14/h2-8,15-16,24H,9-10H2,1H3,(H,20,21,23)/t15-,16-/m1/s1. The zero-order valence-electron chi connectivity index (χ0n) is 14.1. The van der Waals surface area contributed by atoms with E-state index >= 15 is 0 Å². The van der Waals surface area contributed by atoms with Gasteiger partial charge in [-0.2, -0.15) is 0 Å². The zero-order valence-corrected chi connectivity index (χ0v) is 14.1. The minimum absolute atomic E-state index is 0.0939. The molecule has 0 radical (unpaired) electrons. The molecule has 0 bridgehead atoms. The van der Waals surface area contributed by atoms with Gasteiger partial charge in [-0.1, -0.05) is 6.07 Å². The number of hydrogen-bond acceptors (Lipinski definition) is 5. The Labute approximate surface area is 149 Å². The molecule has 3 rings (SSSR count). The molecular formula is C18H18FN3O4. The average Bonchev–Trinajstić information content (AvgIpc) is 2.94. The van der Waals surface area contributed by atoms with Crippen LogP contribution in [-0.4, -0.2) is 52.1 Å². The summed E-state index contributed by atoms with van der Waals surface area (Å²) in [6, 6.07) is 8.61. The van der Waals surface area contributed by atoms with Gasteiger partial charge in [0.05, 0.1) is 13.1 Å². The van der Waals surface area contributed by atoms with Crippen molar-refractivity contribution in [2.75, 3.05) is 18.4 Å².